The molecule has 0 saturated carbocycles. The van der Waals surface area contributed by atoms with E-state index in [0.29, 0.717) is 36.7 Å². The van der Waals surface area contributed by atoms with Crippen LogP contribution in [0.4, 0.5) is 5.69 Å². The summed E-state index contributed by atoms with van der Waals surface area (Å²) in [7, 11) is 0. The Bertz CT molecular complexity index is 638. The molecular weight excluding hydrogens is 302 g/mol. The maximum absolute atomic E-state index is 11.3. The van der Waals surface area contributed by atoms with Crippen LogP contribution >= 0.6 is 11.6 Å². The number of benzene rings is 1. The first-order valence-corrected chi connectivity index (χ1v) is 7.33. The van der Waals surface area contributed by atoms with Gasteiger partial charge < -0.3 is 16.2 Å². The zero-order valence-electron chi connectivity index (χ0n) is 12.0. The van der Waals surface area contributed by atoms with Gasteiger partial charge in [-0.2, -0.15) is 0 Å². The van der Waals surface area contributed by atoms with E-state index in [0.717, 1.165) is 0 Å². The maximum atomic E-state index is 11.3. The maximum Gasteiger partial charge on any atom is 0.197 e. The molecule has 116 valence electrons. The van der Waals surface area contributed by atoms with Crippen LogP contribution in [-0.4, -0.2) is 30.7 Å². The summed E-state index contributed by atoms with van der Waals surface area (Å²) in [5.41, 5.74) is 12.6. The van der Waals surface area contributed by atoms with Crippen LogP contribution in [-0.2, 0) is 4.79 Å². The molecule has 4 N–H and O–H groups in total. The first-order valence-electron chi connectivity index (χ1n) is 6.96. The zero-order chi connectivity index (χ0) is 15.9. The number of ketones is 1. The fourth-order valence-electron chi connectivity index (χ4n) is 1.86. The molecule has 0 aromatic heterocycles. The summed E-state index contributed by atoms with van der Waals surface area (Å²) in [6.07, 6.45) is 5.23. The molecule has 1 aromatic carbocycles. The molecule has 0 spiro atoms. The van der Waals surface area contributed by atoms with Crippen molar-refractivity contribution >= 4 is 28.8 Å². The van der Waals surface area contributed by atoms with Crippen molar-refractivity contribution < 1.29 is 9.53 Å². The van der Waals surface area contributed by atoms with Gasteiger partial charge in [0.15, 0.2) is 5.78 Å². The van der Waals surface area contributed by atoms with Crippen LogP contribution in [0, 0.1) is 0 Å². The van der Waals surface area contributed by atoms with Crippen LogP contribution < -0.4 is 16.2 Å². The number of aliphatic imine (C=N–C) groups is 1. The molecule has 0 radical (unpaired) electrons. The molecule has 1 unspecified atom stereocenters. The smallest absolute Gasteiger partial charge is 0.197 e. The molecule has 1 aromatic rings. The molecule has 0 aliphatic heterocycles. The van der Waals surface area contributed by atoms with Gasteiger partial charge in [-0.15, -0.1) is 0 Å². The van der Waals surface area contributed by atoms with Crippen molar-refractivity contribution in [2.45, 2.75) is 12.5 Å². The highest BCUT2D eigenvalue weighted by Crippen LogP contribution is 2.28. The Hall–Kier alpha value is -1.95. The fourth-order valence-corrected chi connectivity index (χ4v) is 2.04. The van der Waals surface area contributed by atoms with Crippen LogP contribution in [0.2, 0.25) is 0 Å². The predicted octanol–water partition coefficient (Wildman–Crippen LogP) is 2.08. The van der Waals surface area contributed by atoms with Crippen LogP contribution in [0.15, 0.2) is 52.5 Å². The average molecular weight is 320 g/mol. The number of carbonyl (C=O) groups excluding carboxylic acids is 1. The monoisotopic (exact) mass is 319 g/mol. The van der Waals surface area contributed by atoms with E-state index in [9.17, 15) is 4.79 Å². The molecule has 5 nitrogen and oxygen atoms in total. The summed E-state index contributed by atoms with van der Waals surface area (Å²) in [5.74, 6) is 0.398. The van der Waals surface area contributed by atoms with E-state index in [-0.39, 0.29) is 16.9 Å². The van der Waals surface area contributed by atoms with Crippen molar-refractivity contribution in [1.29, 1.82) is 0 Å². The van der Waals surface area contributed by atoms with Gasteiger partial charge in [0.1, 0.15) is 18.0 Å². The van der Waals surface area contributed by atoms with Crippen LogP contribution in [0.5, 0.6) is 5.75 Å². The number of allylic oxidation sites excluding steroid dienone is 4. The second-order valence-electron chi connectivity index (χ2n) is 4.84. The fraction of sp³-hybridized carbons (Fsp3) is 0.250. The molecule has 0 amide bonds. The van der Waals surface area contributed by atoms with E-state index in [1.54, 1.807) is 6.08 Å². The second-order valence-corrected chi connectivity index (χ2v) is 5.25. The number of hydrogen-bond donors (Lipinski definition) is 2. The van der Waals surface area contributed by atoms with Gasteiger partial charge in [0.2, 0.25) is 0 Å². The lowest BCUT2D eigenvalue weighted by molar-refractivity contribution is -0.110. The van der Waals surface area contributed by atoms with Gasteiger partial charge in [-0.25, -0.2) is 4.99 Å². The summed E-state index contributed by atoms with van der Waals surface area (Å²) in [6, 6.07) is 7.23. The molecule has 22 heavy (non-hydrogen) atoms. The van der Waals surface area contributed by atoms with Crippen molar-refractivity contribution in [3.8, 4) is 5.75 Å². The van der Waals surface area contributed by atoms with Crippen LogP contribution in [0.25, 0.3) is 0 Å². The third-order valence-electron chi connectivity index (χ3n) is 3.02. The normalized spacial score (nSPS) is 17.5. The Morgan fingerprint density at radius 2 is 2.05 bits per heavy atom. The zero-order valence-corrected chi connectivity index (χ0v) is 12.8. The quantitative estimate of drug-likeness (QED) is 0.785. The number of halogens is 1. The molecule has 6 heteroatoms. The molecular formula is C16H18ClN3O2. The van der Waals surface area contributed by atoms with Crippen molar-refractivity contribution in [2.75, 3.05) is 13.2 Å². The summed E-state index contributed by atoms with van der Waals surface area (Å²) >= 11 is 5.83. The van der Waals surface area contributed by atoms with E-state index in [2.05, 4.69) is 4.99 Å². The number of ether oxygens (including phenoxy) is 1. The molecule has 0 heterocycles. The Morgan fingerprint density at radius 1 is 1.27 bits per heavy atom. The second kappa shape index (κ2) is 7.89. The summed E-state index contributed by atoms with van der Waals surface area (Å²) in [5, 5.41) is 0.143. The van der Waals surface area contributed by atoms with Crippen molar-refractivity contribution in [3.05, 3.63) is 47.5 Å². The van der Waals surface area contributed by atoms with Crippen molar-refractivity contribution in [1.82, 2.24) is 0 Å². The SMILES string of the molecule is NCCC(N)COc1ccccc1/N=C1/C=CC(=O)C(Cl)=C1. The van der Waals surface area contributed by atoms with Gasteiger partial charge in [0.05, 0.1) is 10.7 Å². The molecule has 0 bridgehead atoms. The molecule has 1 aliphatic rings. The number of rotatable bonds is 6. The minimum Gasteiger partial charge on any atom is -0.490 e. The van der Waals surface area contributed by atoms with Gasteiger partial charge in [0.25, 0.3) is 0 Å². The van der Waals surface area contributed by atoms with E-state index >= 15 is 0 Å². The lowest BCUT2D eigenvalue weighted by Gasteiger charge is -2.13. The third kappa shape index (κ3) is 4.53. The first kappa shape index (κ1) is 16.4. The number of hydrogen-bond acceptors (Lipinski definition) is 5. The first-order chi connectivity index (χ1) is 10.6. The van der Waals surface area contributed by atoms with Crippen molar-refractivity contribution in [2.24, 2.45) is 16.5 Å². The minimum absolute atomic E-state index is 0.118. The van der Waals surface area contributed by atoms with Crippen molar-refractivity contribution in [3.63, 3.8) is 0 Å². The summed E-state index contributed by atoms with van der Waals surface area (Å²) < 4.78 is 5.71. The number of carbonyl (C=O) groups is 1. The highest BCUT2D eigenvalue weighted by molar-refractivity contribution is 6.47. The number of para-hydroxylation sites is 2. The topological polar surface area (TPSA) is 90.7 Å². The third-order valence-corrected chi connectivity index (χ3v) is 3.32. The van der Waals surface area contributed by atoms with E-state index in [1.165, 1.54) is 12.2 Å². The highest BCUT2D eigenvalue weighted by Gasteiger charge is 2.11. The molecule has 0 saturated heterocycles. The van der Waals surface area contributed by atoms with E-state index in [4.69, 9.17) is 27.8 Å². The standard InChI is InChI=1S/C16H18ClN3O2/c17-13-9-12(5-6-15(13)21)20-14-3-1-2-4-16(14)22-10-11(19)7-8-18/h1-6,9,11H,7-8,10,18-19H2/b20-12-. The van der Waals surface area contributed by atoms with Gasteiger partial charge in [-0.1, -0.05) is 23.7 Å². The minimum atomic E-state index is -0.224. The van der Waals surface area contributed by atoms with Gasteiger partial charge >= 0.3 is 0 Å². The van der Waals surface area contributed by atoms with Crippen LogP contribution in [0.1, 0.15) is 6.42 Å². The number of nitrogens with two attached hydrogens (primary N) is 2. The lowest BCUT2D eigenvalue weighted by Crippen LogP contribution is -2.30. The van der Waals surface area contributed by atoms with Gasteiger partial charge in [-0.05, 0) is 43.3 Å². The Kier molecular flexibility index (Phi) is 5.89. The van der Waals surface area contributed by atoms with E-state index < -0.39 is 0 Å². The van der Waals surface area contributed by atoms with Gasteiger partial charge in [-0.3, -0.25) is 4.79 Å². The Labute approximate surface area is 134 Å². The number of nitrogens with zero attached hydrogens (tertiary/aromatic N) is 1. The predicted molar refractivity (Wildman–Crippen MR) is 88.8 cm³/mol. The van der Waals surface area contributed by atoms with Gasteiger partial charge in [0, 0.05) is 6.04 Å². The lowest BCUT2D eigenvalue weighted by atomic mass is 10.1. The summed E-state index contributed by atoms with van der Waals surface area (Å²) in [4.78, 5) is 15.8. The Morgan fingerprint density at radius 3 is 2.77 bits per heavy atom. The Balaban J connectivity index is 2.15. The summed E-state index contributed by atoms with van der Waals surface area (Å²) in [6.45, 7) is 0.889. The highest BCUT2D eigenvalue weighted by atomic mass is 35.5. The molecule has 1 aliphatic carbocycles. The molecule has 1 atom stereocenters. The average Bonchev–Trinajstić information content (AvgIpc) is 2.50. The van der Waals surface area contributed by atoms with E-state index in [1.807, 2.05) is 24.3 Å². The largest absolute Gasteiger partial charge is 0.490 e. The molecule has 2 rings (SSSR count). The molecule has 0 fully saturated rings. The van der Waals surface area contributed by atoms with Crippen LogP contribution in [0.3, 0.4) is 0 Å².